The van der Waals surface area contributed by atoms with E-state index < -0.39 is 0 Å². The van der Waals surface area contributed by atoms with Crippen molar-refractivity contribution in [1.29, 1.82) is 0 Å². The van der Waals surface area contributed by atoms with E-state index in [-0.39, 0.29) is 5.41 Å². The highest BCUT2D eigenvalue weighted by atomic mass is 14.8. The molecular formula is C15H23N. The van der Waals surface area contributed by atoms with Crippen molar-refractivity contribution in [3.05, 3.63) is 47.5 Å². The second-order valence-electron chi connectivity index (χ2n) is 5.15. The van der Waals surface area contributed by atoms with E-state index in [0.29, 0.717) is 0 Å². The van der Waals surface area contributed by atoms with Crippen molar-refractivity contribution in [2.75, 3.05) is 6.54 Å². The quantitative estimate of drug-likeness (QED) is 0.599. The molecule has 0 atom stereocenters. The highest BCUT2D eigenvalue weighted by molar-refractivity contribution is 5.27. The summed E-state index contributed by atoms with van der Waals surface area (Å²) in [6, 6.07) is 8.88. The minimum absolute atomic E-state index is 0.247. The zero-order chi connectivity index (χ0) is 12.0. The van der Waals surface area contributed by atoms with Crippen molar-refractivity contribution in [2.24, 2.45) is 0 Å². The minimum atomic E-state index is 0.247. The molecule has 1 aromatic carbocycles. The van der Waals surface area contributed by atoms with Gasteiger partial charge in [0, 0.05) is 13.1 Å². The van der Waals surface area contributed by atoms with Gasteiger partial charge in [-0.15, -0.1) is 0 Å². The van der Waals surface area contributed by atoms with Crippen molar-refractivity contribution in [1.82, 2.24) is 5.32 Å². The highest BCUT2D eigenvalue weighted by Gasteiger charge is 2.12. The Morgan fingerprint density at radius 2 is 1.75 bits per heavy atom. The molecule has 0 spiro atoms. The van der Waals surface area contributed by atoms with Crippen LogP contribution in [0.4, 0.5) is 0 Å². The van der Waals surface area contributed by atoms with Gasteiger partial charge in [-0.05, 0) is 23.5 Å². The molecule has 1 nitrogen and oxygen atoms in total. The van der Waals surface area contributed by atoms with E-state index >= 15 is 0 Å². The molecule has 0 radical (unpaired) electrons. The van der Waals surface area contributed by atoms with Crippen LogP contribution in [0.3, 0.4) is 0 Å². The summed E-state index contributed by atoms with van der Waals surface area (Å²) in [5.41, 5.74) is 2.99. The van der Waals surface area contributed by atoms with E-state index in [1.807, 2.05) is 6.92 Å². The fourth-order valence-corrected chi connectivity index (χ4v) is 1.54. The van der Waals surface area contributed by atoms with Crippen molar-refractivity contribution in [3.63, 3.8) is 0 Å². The summed E-state index contributed by atoms with van der Waals surface area (Å²) in [5.74, 6) is 0. The van der Waals surface area contributed by atoms with Crippen LogP contribution < -0.4 is 5.32 Å². The Hall–Kier alpha value is -1.08. The summed E-state index contributed by atoms with van der Waals surface area (Å²) >= 11 is 0. The molecule has 0 heterocycles. The van der Waals surface area contributed by atoms with Crippen LogP contribution in [0, 0.1) is 0 Å². The van der Waals surface area contributed by atoms with Crippen molar-refractivity contribution >= 4 is 0 Å². The van der Waals surface area contributed by atoms with E-state index in [0.717, 1.165) is 13.1 Å². The van der Waals surface area contributed by atoms with E-state index in [1.165, 1.54) is 11.1 Å². The first kappa shape index (κ1) is 13.0. The third kappa shape index (κ3) is 4.19. The van der Waals surface area contributed by atoms with E-state index in [9.17, 15) is 0 Å². The van der Waals surface area contributed by atoms with Crippen LogP contribution in [0.5, 0.6) is 0 Å². The monoisotopic (exact) mass is 217 g/mol. The average molecular weight is 217 g/mol. The Labute approximate surface area is 99.6 Å². The maximum absolute atomic E-state index is 3.37. The largest absolute Gasteiger partial charge is 0.309 e. The smallest absolute Gasteiger partial charge is 0.0208 e. The molecule has 0 saturated heterocycles. The number of allylic oxidation sites excluding steroid dienone is 1. The zero-order valence-corrected chi connectivity index (χ0v) is 10.9. The van der Waals surface area contributed by atoms with Crippen LogP contribution in [0.1, 0.15) is 38.8 Å². The summed E-state index contributed by atoms with van der Waals surface area (Å²) in [4.78, 5) is 0. The molecule has 0 fully saturated rings. The molecule has 1 N–H and O–H groups in total. The molecule has 0 unspecified atom stereocenters. The molecule has 16 heavy (non-hydrogen) atoms. The molecule has 0 bridgehead atoms. The lowest BCUT2D eigenvalue weighted by Gasteiger charge is -2.19. The Bertz CT molecular complexity index is 327. The molecule has 1 heteroatoms. The zero-order valence-electron chi connectivity index (χ0n) is 10.9. The van der Waals surface area contributed by atoms with Gasteiger partial charge in [-0.3, -0.25) is 0 Å². The van der Waals surface area contributed by atoms with Gasteiger partial charge in [-0.25, -0.2) is 0 Å². The predicted octanol–water partition coefficient (Wildman–Crippen LogP) is 3.65. The van der Waals surface area contributed by atoms with Gasteiger partial charge in [0.1, 0.15) is 0 Å². The predicted molar refractivity (Wildman–Crippen MR) is 71.7 cm³/mol. The van der Waals surface area contributed by atoms with Gasteiger partial charge >= 0.3 is 0 Å². The van der Waals surface area contributed by atoms with Crippen LogP contribution in [0.15, 0.2) is 36.4 Å². The van der Waals surface area contributed by atoms with Gasteiger partial charge in [0.25, 0.3) is 0 Å². The molecule has 88 valence electrons. The molecule has 0 amide bonds. The summed E-state index contributed by atoms with van der Waals surface area (Å²) in [6.45, 7) is 10.6. The lowest BCUT2D eigenvalue weighted by atomic mass is 9.87. The summed E-state index contributed by atoms with van der Waals surface area (Å²) in [5, 5.41) is 3.37. The number of benzene rings is 1. The first-order chi connectivity index (χ1) is 7.54. The van der Waals surface area contributed by atoms with Gasteiger partial charge in [-0.2, -0.15) is 0 Å². The maximum Gasteiger partial charge on any atom is 0.0208 e. The molecule has 0 aliphatic rings. The standard InChI is InChI=1S/C15H23N/c1-5-6-11-16-12-13-7-9-14(10-8-13)15(2,3)4/h5-10,16H,11-12H2,1-4H3/b6-5+. The first-order valence-electron chi connectivity index (χ1n) is 5.95. The van der Waals surface area contributed by atoms with Crippen LogP contribution in [0.2, 0.25) is 0 Å². The van der Waals surface area contributed by atoms with Crippen LogP contribution in [-0.2, 0) is 12.0 Å². The Morgan fingerprint density at radius 3 is 2.25 bits per heavy atom. The fourth-order valence-electron chi connectivity index (χ4n) is 1.54. The highest BCUT2D eigenvalue weighted by Crippen LogP contribution is 2.21. The summed E-state index contributed by atoms with van der Waals surface area (Å²) in [7, 11) is 0. The average Bonchev–Trinajstić information content (AvgIpc) is 2.24. The lowest BCUT2D eigenvalue weighted by molar-refractivity contribution is 0.589. The third-order valence-corrected chi connectivity index (χ3v) is 2.65. The van der Waals surface area contributed by atoms with E-state index in [1.54, 1.807) is 0 Å². The first-order valence-corrected chi connectivity index (χ1v) is 5.95. The summed E-state index contributed by atoms with van der Waals surface area (Å²) in [6.07, 6.45) is 4.19. The van der Waals surface area contributed by atoms with Gasteiger partial charge in [-0.1, -0.05) is 57.2 Å². The number of hydrogen-bond acceptors (Lipinski definition) is 1. The number of hydrogen-bond donors (Lipinski definition) is 1. The minimum Gasteiger partial charge on any atom is -0.309 e. The second kappa shape index (κ2) is 5.86. The molecule has 1 aromatic rings. The van der Waals surface area contributed by atoms with Crippen molar-refractivity contribution < 1.29 is 0 Å². The third-order valence-electron chi connectivity index (χ3n) is 2.65. The molecule has 0 saturated carbocycles. The van der Waals surface area contributed by atoms with Gasteiger partial charge in [0.2, 0.25) is 0 Å². The lowest BCUT2D eigenvalue weighted by Crippen LogP contribution is -2.14. The number of nitrogens with one attached hydrogen (secondary N) is 1. The molecule has 0 aliphatic heterocycles. The van der Waals surface area contributed by atoms with Crippen molar-refractivity contribution in [2.45, 2.75) is 39.7 Å². The van der Waals surface area contributed by atoms with Gasteiger partial charge in [0.05, 0.1) is 0 Å². The second-order valence-corrected chi connectivity index (χ2v) is 5.15. The molecule has 0 aliphatic carbocycles. The Balaban J connectivity index is 2.52. The molecule has 0 aromatic heterocycles. The fraction of sp³-hybridized carbons (Fsp3) is 0.467. The summed E-state index contributed by atoms with van der Waals surface area (Å²) < 4.78 is 0. The van der Waals surface area contributed by atoms with E-state index in [4.69, 9.17) is 0 Å². The Morgan fingerprint density at radius 1 is 1.12 bits per heavy atom. The van der Waals surface area contributed by atoms with E-state index in [2.05, 4.69) is 62.5 Å². The topological polar surface area (TPSA) is 12.0 Å². The molecular weight excluding hydrogens is 194 g/mol. The normalized spacial score (nSPS) is 12.2. The maximum atomic E-state index is 3.37. The van der Waals surface area contributed by atoms with Crippen LogP contribution in [0.25, 0.3) is 0 Å². The molecule has 1 rings (SSSR count). The SMILES string of the molecule is C/C=C/CNCc1ccc(C(C)(C)C)cc1. The number of rotatable bonds is 4. The van der Waals surface area contributed by atoms with Crippen molar-refractivity contribution in [3.8, 4) is 0 Å². The van der Waals surface area contributed by atoms with Crippen LogP contribution >= 0.6 is 0 Å². The van der Waals surface area contributed by atoms with Crippen LogP contribution in [-0.4, -0.2) is 6.54 Å². The van der Waals surface area contributed by atoms with Gasteiger partial charge in [0.15, 0.2) is 0 Å². The Kier molecular flexibility index (Phi) is 4.75. The van der Waals surface area contributed by atoms with Gasteiger partial charge < -0.3 is 5.32 Å².